The number of halogens is 2. The van der Waals surface area contributed by atoms with E-state index in [4.69, 9.17) is 27.9 Å². The molecule has 2 N–H and O–H groups in total. The van der Waals surface area contributed by atoms with Crippen molar-refractivity contribution in [2.75, 3.05) is 44.7 Å². The molecule has 9 nitrogen and oxygen atoms in total. The molecule has 3 aliphatic heterocycles. The molecule has 1 aromatic heterocycles. The van der Waals surface area contributed by atoms with E-state index in [1.165, 1.54) is 12.1 Å². The number of fused-ring (bicyclic) bond motifs is 1. The van der Waals surface area contributed by atoms with E-state index < -0.39 is 9.84 Å². The van der Waals surface area contributed by atoms with Crippen molar-refractivity contribution >= 4 is 62.2 Å². The third kappa shape index (κ3) is 6.57. The minimum atomic E-state index is -3.83. The smallest absolute Gasteiger partial charge is 0.256 e. The van der Waals surface area contributed by atoms with Crippen molar-refractivity contribution in [1.29, 1.82) is 0 Å². The van der Waals surface area contributed by atoms with Gasteiger partial charge in [0.05, 0.1) is 35.9 Å². The van der Waals surface area contributed by atoms with E-state index in [-0.39, 0.29) is 38.9 Å². The third-order valence-electron chi connectivity index (χ3n) is 9.16. The second-order valence-electron chi connectivity index (χ2n) is 11.9. The van der Waals surface area contributed by atoms with E-state index in [2.05, 4.69) is 15.2 Å². The highest BCUT2D eigenvalue weighted by Crippen LogP contribution is 2.37. The molecule has 238 valence electrons. The summed E-state index contributed by atoms with van der Waals surface area (Å²) in [7, 11) is -3.83. The van der Waals surface area contributed by atoms with Crippen LogP contribution in [0.1, 0.15) is 46.5 Å². The molecule has 6 rings (SSSR count). The van der Waals surface area contributed by atoms with Crippen LogP contribution in [0.3, 0.4) is 0 Å². The van der Waals surface area contributed by atoms with Crippen LogP contribution in [-0.2, 0) is 36.3 Å². The van der Waals surface area contributed by atoms with Crippen molar-refractivity contribution in [2.45, 2.75) is 49.8 Å². The Morgan fingerprint density at radius 3 is 2.40 bits per heavy atom. The maximum absolute atomic E-state index is 13.4. The Labute approximate surface area is 273 Å². The third-order valence-corrected chi connectivity index (χ3v) is 11.5. The number of aromatic amines is 1. The van der Waals surface area contributed by atoms with Crippen LogP contribution < -0.4 is 5.32 Å². The summed E-state index contributed by atoms with van der Waals surface area (Å²) in [6.07, 6.45) is 3.93. The Morgan fingerprint density at radius 2 is 1.71 bits per heavy atom. The van der Waals surface area contributed by atoms with Crippen molar-refractivity contribution in [3.05, 3.63) is 80.1 Å². The molecule has 2 amide bonds. The number of nitrogens with zero attached hydrogens (tertiary/aromatic N) is 2. The first kappa shape index (κ1) is 31.8. The normalized spacial score (nSPS) is 18.8. The molecular weight excluding hydrogens is 635 g/mol. The van der Waals surface area contributed by atoms with Gasteiger partial charge in [0.15, 0.2) is 9.84 Å². The molecule has 2 fully saturated rings. The highest BCUT2D eigenvalue weighted by molar-refractivity contribution is 7.90. The Hall–Kier alpha value is -3.15. The minimum absolute atomic E-state index is 0.0581. The number of rotatable bonds is 7. The quantitative estimate of drug-likeness (QED) is 0.331. The summed E-state index contributed by atoms with van der Waals surface area (Å²) in [5.41, 5.74) is 5.04. The molecule has 0 spiro atoms. The molecular formula is C33H36Cl2N4O5S. The maximum atomic E-state index is 13.4. The first-order chi connectivity index (χ1) is 21.5. The Bertz CT molecular complexity index is 1770. The molecule has 0 saturated carbocycles. The van der Waals surface area contributed by atoms with Crippen molar-refractivity contribution in [3.63, 3.8) is 0 Å². The predicted octanol–water partition coefficient (Wildman–Crippen LogP) is 5.27. The van der Waals surface area contributed by atoms with Crippen molar-refractivity contribution in [3.8, 4) is 0 Å². The molecule has 3 aliphatic rings. The lowest BCUT2D eigenvalue weighted by molar-refractivity contribution is -0.132. The zero-order chi connectivity index (χ0) is 31.9. The number of aryl methyl sites for hydroxylation is 1. The standard InChI is InChI=1S/C33H36Cl2N4O5S/c1-20-24(18-32(40)39-10-8-22(9-11-39)38-12-14-44-15-13-38)21(2)36-31(20)17-26-25-16-23(6-7-30(25)37-33(26)41)45(42,43)19-27-28(34)4-3-5-29(27)35/h3-7,16-17,22,36H,8-15,18-19H2,1-2H3,(H,37,41)/b26-17-. The Balaban J connectivity index is 1.19. The molecule has 0 atom stereocenters. The van der Waals surface area contributed by atoms with Gasteiger partial charge in [0, 0.05) is 70.5 Å². The molecule has 0 unspecified atom stereocenters. The lowest BCUT2D eigenvalue weighted by Crippen LogP contribution is -2.50. The van der Waals surface area contributed by atoms with E-state index in [1.54, 1.807) is 30.3 Å². The summed E-state index contributed by atoms with van der Waals surface area (Å²) in [4.78, 5) is 34.3. The minimum Gasteiger partial charge on any atom is -0.379 e. The van der Waals surface area contributed by atoms with E-state index in [0.29, 0.717) is 34.1 Å². The number of nitrogens with one attached hydrogen (secondary N) is 2. The molecule has 0 radical (unpaired) electrons. The van der Waals surface area contributed by atoms with Crippen LogP contribution in [0.5, 0.6) is 0 Å². The number of amides is 2. The number of sulfone groups is 1. The summed E-state index contributed by atoms with van der Waals surface area (Å²) in [5, 5.41) is 3.37. The number of carbonyl (C=O) groups is 2. The van der Waals surface area contributed by atoms with Crippen LogP contribution >= 0.6 is 23.2 Å². The highest BCUT2D eigenvalue weighted by Gasteiger charge is 2.30. The van der Waals surface area contributed by atoms with Crippen LogP contribution in [0.2, 0.25) is 10.0 Å². The van der Waals surface area contributed by atoms with Crippen molar-refractivity contribution in [1.82, 2.24) is 14.8 Å². The lowest BCUT2D eigenvalue weighted by atomic mass is 10.00. The molecule has 2 saturated heterocycles. The average molecular weight is 672 g/mol. The molecule has 45 heavy (non-hydrogen) atoms. The van der Waals surface area contributed by atoms with Gasteiger partial charge < -0.3 is 19.9 Å². The second kappa shape index (κ2) is 12.9. The molecule has 12 heteroatoms. The number of likely N-dealkylation sites (tertiary alicyclic amines) is 1. The topological polar surface area (TPSA) is 112 Å². The second-order valence-corrected chi connectivity index (χ2v) is 14.7. The van der Waals surface area contributed by atoms with Gasteiger partial charge in [-0.05, 0) is 74.2 Å². The average Bonchev–Trinajstić information content (AvgIpc) is 3.48. The number of anilines is 1. The summed E-state index contributed by atoms with van der Waals surface area (Å²) >= 11 is 12.5. The van der Waals surface area contributed by atoms with Crippen LogP contribution in [0.15, 0.2) is 41.3 Å². The Morgan fingerprint density at radius 1 is 1.02 bits per heavy atom. The van der Waals surface area contributed by atoms with Gasteiger partial charge in [0.2, 0.25) is 5.91 Å². The fraction of sp³-hybridized carbons (Fsp3) is 0.394. The van der Waals surface area contributed by atoms with Gasteiger partial charge in [0.1, 0.15) is 0 Å². The number of benzene rings is 2. The zero-order valence-corrected chi connectivity index (χ0v) is 27.6. The molecule has 0 aliphatic carbocycles. The van der Waals surface area contributed by atoms with E-state index in [9.17, 15) is 18.0 Å². The van der Waals surface area contributed by atoms with Crippen LogP contribution in [-0.4, -0.2) is 80.5 Å². The number of H-pyrrole nitrogens is 1. The molecule has 0 bridgehead atoms. The number of piperidine rings is 1. The predicted molar refractivity (Wildman–Crippen MR) is 176 cm³/mol. The first-order valence-electron chi connectivity index (χ1n) is 15.1. The summed E-state index contributed by atoms with van der Waals surface area (Å²) in [6, 6.07) is 9.93. The van der Waals surface area contributed by atoms with Crippen LogP contribution in [0.4, 0.5) is 5.69 Å². The van der Waals surface area contributed by atoms with Gasteiger partial charge in [-0.1, -0.05) is 29.3 Å². The highest BCUT2D eigenvalue weighted by atomic mass is 35.5. The van der Waals surface area contributed by atoms with Gasteiger partial charge >= 0.3 is 0 Å². The van der Waals surface area contributed by atoms with E-state index >= 15 is 0 Å². The number of hydrogen-bond donors (Lipinski definition) is 2. The summed E-state index contributed by atoms with van der Waals surface area (Å²) in [5.74, 6) is -0.611. The zero-order valence-electron chi connectivity index (χ0n) is 25.3. The first-order valence-corrected chi connectivity index (χ1v) is 17.5. The lowest BCUT2D eigenvalue weighted by Gasteiger charge is -2.40. The van der Waals surface area contributed by atoms with Crippen LogP contribution in [0, 0.1) is 13.8 Å². The SMILES string of the molecule is Cc1[nH]c(/C=C2\C(=O)Nc3ccc(S(=O)(=O)Cc4c(Cl)cccc4Cl)cc32)c(C)c1CC(=O)N1CCC(N2CCOCC2)CC1. The van der Waals surface area contributed by atoms with Gasteiger partial charge in [-0.2, -0.15) is 0 Å². The number of morpholine rings is 1. The Kier molecular flexibility index (Phi) is 9.14. The van der Waals surface area contributed by atoms with Crippen LogP contribution in [0.25, 0.3) is 11.6 Å². The fourth-order valence-electron chi connectivity index (χ4n) is 6.50. The largest absolute Gasteiger partial charge is 0.379 e. The van der Waals surface area contributed by atoms with Gasteiger partial charge in [0.25, 0.3) is 5.91 Å². The summed E-state index contributed by atoms with van der Waals surface area (Å²) < 4.78 is 32.3. The molecule has 2 aromatic carbocycles. The number of hydrogen-bond acceptors (Lipinski definition) is 6. The van der Waals surface area contributed by atoms with E-state index in [0.717, 1.165) is 69.1 Å². The number of carbonyl (C=O) groups excluding carboxylic acids is 2. The van der Waals surface area contributed by atoms with E-state index in [1.807, 2.05) is 18.7 Å². The fourth-order valence-corrected chi connectivity index (χ4v) is 8.62. The van der Waals surface area contributed by atoms with Crippen molar-refractivity contribution in [2.24, 2.45) is 0 Å². The summed E-state index contributed by atoms with van der Waals surface area (Å²) in [6.45, 7) is 8.80. The van der Waals surface area contributed by atoms with Gasteiger partial charge in [-0.3, -0.25) is 14.5 Å². The number of aromatic nitrogens is 1. The monoisotopic (exact) mass is 670 g/mol. The van der Waals surface area contributed by atoms with Gasteiger partial charge in [-0.25, -0.2) is 8.42 Å². The van der Waals surface area contributed by atoms with Crippen molar-refractivity contribution < 1.29 is 22.7 Å². The van der Waals surface area contributed by atoms with Gasteiger partial charge in [-0.15, -0.1) is 0 Å². The molecule has 4 heterocycles. The molecule has 3 aromatic rings. The number of ether oxygens (including phenoxy) is 1. The maximum Gasteiger partial charge on any atom is 0.256 e.